The Morgan fingerprint density at radius 1 is 1.00 bits per heavy atom. The number of nitrogens with one attached hydrogen (secondary N) is 3. The van der Waals surface area contributed by atoms with Crippen molar-refractivity contribution in [2.45, 2.75) is 19.9 Å². The molecule has 2 aromatic rings. The predicted octanol–water partition coefficient (Wildman–Crippen LogP) is 2.73. The van der Waals surface area contributed by atoms with Crippen LogP contribution in [0.4, 0.5) is 5.69 Å². The molecule has 0 radical (unpaired) electrons. The van der Waals surface area contributed by atoms with E-state index in [-0.39, 0.29) is 24.4 Å². The van der Waals surface area contributed by atoms with Gasteiger partial charge in [0, 0.05) is 11.3 Å². The molecule has 5 nitrogen and oxygen atoms in total. The van der Waals surface area contributed by atoms with Gasteiger partial charge in [-0.3, -0.25) is 9.59 Å². The summed E-state index contributed by atoms with van der Waals surface area (Å²) in [7, 11) is 0. The number of carbonyl (C=O) groups is 2. The van der Waals surface area contributed by atoms with Gasteiger partial charge in [0.15, 0.2) is 0 Å². The average Bonchev–Trinajstić information content (AvgIpc) is 2.61. The summed E-state index contributed by atoms with van der Waals surface area (Å²) in [4.78, 5) is 23.9. The van der Waals surface area contributed by atoms with E-state index < -0.39 is 0 Å². The Labute approximate surface area is 142 Å². The number of hydrogen-bond acceptors (Lipinski definition) is 3. The molecule has 0 saturated heterocycles. The number of hydrogen-bond donors (Lipinski definition) is 3. The van der Waals surface area contributed by atoms with E-state index in [9.17, 15) is 9.59 Å². The van der Waals surface area contributed by atoms with Crippen molar-refractivity contribution in [1.82, 2.24) is 10.6 Å². The number of amides is 2. The molecule has 0 aliphatic rings. The second-order valence-electron chi connectivity index (χ2n) is 5.51. The standard InChI is InChI=1S/C19H23N3O2/c1-3-20-13-18(23)22-17-11-9-16(10-12-17)19(24)21-14(2)15-7-5-4-6-8-15/h4-12,14,20H,3,13H2,1-2H3,(H,21,24)(H,22,23). The highest BCUT2D eigenvalue weighted by Crippen LogP contribution is 2.14. The van der Waals surface area contributed by atoms with Crippen LogP contribution >= 0.6 is 0 Å². The molecule has 0 saturated carbocycles. The fourth-order valence-corrected chi connectivity index (χ4v) is 2.25. The van der Waals surface area contributed by atoms with Crippen molar-refractivity contribution in [2.75, 3.05) is 18.4 Å². The van der Waals surface area contributed by atoms with E-state index in [1.165, 1.54) is 0 Å². The lowest BCUT2D eigenvalue weighted by Gasteiger charge is -2.14. The molecule has 126 valence electrons. The second kappa shape index (κ2) is 8.84. The minimum Gasteiger partial charge on any atom is -0.346 e. The van der Waals surface area contributed by atoms with Crippen LogP contribution in [0, 0.1) is 0 Å². The Balaban J connectivity index is 1.92. The van der Waals surface area contributed by atoms with E-state index in [0.717, 1.165) is 12.1 Å². The first-order valence-electron chi connectivity index (χ1n) is 8.06. The molecule has 24 heavy (non-hydrogen) atoms. The van der Waals surface area contributed by atoms with Crippen LogP contribution in [0.25, 0.3) is 0 Å². The summed E-state index contributed by atoms with van der Waals surface area (Å²) in [6, 6.07) is 16.6. The Bertz CT molecular complexity index is 669. The van der Waals surface area contributed by atoms with Crippen molar-refractivity contribution in [3.05, 3.63) is 65.7 Å². The van der Waals surface area contributed by atoms with E-state index >= 15 is 0 Å². The first kappa shape index (κ1) is 17.7. The molecule has 2 aromatic carbocycles. The monoisotopic (exact) mass is 325 g/mol. The van der Waals surface area contributed by atoms with Crippen molar-refractivity contribution in [2.24, 2.45) is 0 Å². The predicted molar refractivity (Wildman–Crippen MR) is 95.9 cm³/mol. The molecule has 3 N–H and O–H groups in total. The van der Waals surface area contributed by atoms with Crippen LogP contribution in [0.3, 0.4) is 0 Å². The molecule has 0 bridgehead atoms. The van der Waals surface area contributed by atoms with Crippen molar-refractivity contribution < 1.29 is 9.59 Å². The van der Waals surface area contributed by atoms with Gasteiger partial charge in [-0.2, -0.15) is 0 Å². The van der Waals surface area contributed by atoms with Gasteiger partial charge >= 0.3 is 0 Å². The lowest BCUT2D eigenvalue weighted by Crippen LogP contribution is -2.28. The van der Waals surface area contributed by atoms with Crippen LogP contribution in [0.15, 0.2) is 54.6 Å². The molecule has 1 unspecified atom stereocenters. The Kier molecular flexibility index (Phi) is 6.51. The molecule has 0 fully saturated rings. The molecule has 5 heteroatoms. The Morgan fingerprint density at radius 3 is 2.29 bits per heavy atom. The first-order chi connectivity index (χ1) is 11.6. The fourth-order valence-electron chi connectivity index (χ4n) is 2.25. The summed E-state index contributed by atoms with van der Waals surface area (Å²) < 4.78 is 0. The maximum atomic E-state index is 12.3. The smallest absolute Gasteiger partial charge is 0.251 e. The van der Waals surface area contributed by atoms with Crippen molar-refractivity contribution in [3.8, 4) is 0 Å². The van der Waals surface area contributed by atoms with Gasteiger partial charge in [0.2, 0.25) is 5.91 Å². The van der Waals surface area contributed by atoms with Crippen molar-refractivity contribution in [3.63, 3.8) is 0 Å². The SMILES string of the molecule is CCNCC(=O)Nc1ccc(C(=O)NC(C)c2ccccc2)cc1. The zero-order valence-electron chi connectivity index (χ0n) is 14.0. The molecular weight excluding hydrogens is 302 g/mol. The number of carbonyl (C=O) groups excluding carboxylic acids is 2. The van der Waals surface area contributed by atoms with E-state index in [2.05, 4.69) is 16.0 Å². The van der Waals surface area contributed by atoms with Gasteiger partial charge in [-0.25, -0.2) is 0 Å². The molecule has 0 aliphatic carbocycles. The lowest BCUT2D eigenvalue weighted by atomic mass is 10.1. The zero-order chi connectivity index (χ0) is 17.4. The Hall–Kier alpha value is -2.66. The quantitative estimate of drug-likeness (QED) is 0.733. The van der Waals surface area contributed by atoms with E-state index in [1.54, 1.807) is 24.3 Å². The lowest BCUT2D eigenvalue weighted by molar-refractivity contribution is -0.115. The van der Waals surface area contributed by atoms with Crippen LogP contribution in [0.1, 0.15) is 35.8 Å². The van der Waals surface area contributed by atoms with Crippen LogP contribution in [-0.4, -0.2) is 24.9 Å². The first-order valence-corrected chi connectivity index (χ1v) is 8.06. The minimum absolute atomic E-state index is 0.0711. The zero-order valence-corrected chi connectivity index (χ0v) is 14.0. The average molecular weight is 325 g/mol. The topological polar surface area (TPSA) is 70.2 Å². The number of benzene rings is 2. The fraction of sp³-hybridized carbons (Fsp3) is 0.263. The molecule has 1 atom stereocenters. The van der Waals surface area contributed by atoms with Crippen LogP contribution < -0.4 is 16.0 Å². The molecule has 0 aromatic heterocycles. The summed E-state index contributed by atoms with van der Waals surface area (Å²) in [5, 5.41) is 8.70. The third kappa shape index (κ3) is 5.21. The van der Waals surface area contributed by atoms with Gasteiger partial charge in [-0.1, -0.05) is 37.3 Å². The maximum absolute atomic E-state index is 12.3. The van der Waals surface area contributed by atoms with Crippen molar-refractivity contribution >= 4 is 17.5 Å². The molecule has 2 amide bonds. The summed E-state index contributed by atoms with van der Waals surface area (Å²) in [6.07, 6.45) is 0. The minimum atomic E-state index is -0.142. The third-order valence-electron chi connectivity index (χ3n) is 3.61. The van der Waals surface area contributed by atoms with Gasteiger partial charge in [-0.05, 0) is 43.3 Å². The summed E-state index contributed by atoms with van der Waals surface area (Å²) in [6.45, 7) is 4.90. The molecule has 0 spiro atoms. The highest BCUT2D eigenvalue weighted by atomic mass is 16.2. The van der Waals surface area contributed by atoms with Gasteiger partial charge < -0.3 is 16.0 Å². The largest absolute Gasteiger partial charge is 0.346 e. The van der Waals surface area contributed by atoms with E-state index in [1.807, 2.05) is 44.2 Å². The van der Waals surface area contributed by atoms with Crippen LogP contribution in [-0.2, 0) is 4.79 Å². The number of likely N-dealkylation sites (N-methyl/N-ethyl adjacent to an activating group) is 1. The van der Waals surface area contributed by atoms with E-state index in [0.29, 0.717) is 11.3 Å². The van der Waals surface area contributed by atoms with Crippen LogP contribution in [0.5, 0.6) is 0 Å². The van der Waals surface area contributed by atoms with Crippen LogP contribution in [0.2, 0.25) is 0 Å². The molecule has 2 rings (SSSR count). The van der Waals surface area contributed by atoms with Crippen molar-refractivity contribution in [1.29, 1.82) is 0 Å². The van der Waals surface area contributed by atoms with Gasteiger partial charge in [-0.15, -0.1) is 0 Å². The summed E-state index contributed by atoms with van der Waals surface area (Å²) in [5.41, 5.74) is 2.28. The summed E-state index contributed by atoms with van der Waals surface area (Å²) >= 11 is 0. The third-order valence-corrected chi connectivity index (χ3v) is 3.61. The Morgan fingerprint density at radius 2 is 1.67 bits per heavy atom. The van der Waals surface area contributed by atoms with Gasteiger partial charge in [0.1, 0.15) is 0 Å². The normalized spacial score (nSPS) is 11.6. The van der Waals surface area contributed by atoms with E-state index in [4.69, 9.17) is 0 Å². The second-order valence-corrected chi connectivity index (χ2v) is 5.51. The highest BCUT2D eigenvalue weighted by molar-refractivity contribution is 5.96. The van der Waals surface area contributed by atoms with Gasteiger partial charge in [0.05, 0.1) is 12.6 Å². The molecular formula is C19H23N3O2. The number of anilines is 1. The maximum Gasteiger partial charge on any atom is 0.251 e. The highest BCUT2D eigenvalue weighted by Gasteiger charge is 2.11. The molecule has 0 heterocycles. The number of rotatable bonds is 7. The summed E-state index contributed by atoms with van der Waals surface area (Å²) in [5.74, 6) is -0.247. The molecule has 0 aliphatic heterocycles. The van der Waals surface area contributed by atoms with Gasteiger partial charge in [0.25, 0.3) is 5.91 Å².